The van der Waals surface area contributed by atoms with Crippen LogP contribution in [-0.4, -0.2) is 46.6 Å². The molecular formula is C19H25ClN2O4S. The SMILES string of the molecule is CCOCCOc1c(Cl)cccc1NCc1cccc(S(=O)(=O)N(C)C)c1. The van der Waals surface area contributed by atoms with E-state index in [-0.39, 0.29) is 4.90 Å². The molecule has 0 heterocycles. The number of ether oxygens (including phenoxy) is 2. The van der Waals surface area contributed by atoms with Crippen molar-refractivity contribution in [3.05, 3.63) is 53.1 Å². The zero-order valence-corrected chi connectivity index (χ0v) is 17.3. The van der Waals surface area contributed by atoms with E-state index in [9.17, 15) is 8.42 Å². The van der Waals surface area contributed by atoms with E-state index in [1.807, 2.05) is 25.1 Å². The van der Waals surface area contributed by atoms with Gasteiger partial charge in [-0.25, -0.2) is 12.7 Å². The van der Waals surface area contributed by atoms with Gasteiger partial charge in [-0.05, 0) is 36.8 Å². The number of nitrogens with one attached hydrogen (secondary N) is 1. The Balaban J connectivity index is 2.12. The van der Waals surface area contributed by atoms with Gasteiger partial charge in [0.25, 0.3) is 0 Å². The second kappa shape index (κ2) is 9.94. The first-order valence-corrected chi connectivity index (χ1v) is 10.4. The van der Waals surface area contributed by atoms with Gasteiger partial charge >= 0.3 is 0 Å². The summed E-state index contributed by atoms with van der Waals surface area (Å²) in [5.74, 6) is 0.552. The zero-order chi connectivity index (χ0) is 19.9. The smallest absolute Gasteiger partial charge is 0.242 e. The van der Waals surface area contributed by atoms with Crippen LogP contribution in [0.25, 0.3) is 0 Å². The van der Waals surface area contributed by atoms with Crippen LogP contribution >= 0.6 is 11.6 Å². The first-order chi connectivity index (χ1) is 12.9. The van der Waals surface area contributed by atoms with Gasteiger partial charge in [-0.1, -0.05) is 29.8 Å². The average molecular weight is 413 g/mol. The van der Waals surface area contributed by atoms with Crippen LogP contribution in [0.3, 0.4) is 0 Å². The van der Waals surface area contributed by atoms with E-state index < -0.39 is 10.0 Å². The summed E-state index contributed by atoms with van der Waals surface area (Å²) < 4.78 is 36.8. The molecule has 0 unspecified atom stereocenters. The number of anilines is 1. The molecule has 2 aromatic rings. The van der Waals surface area contributed by atoms with Gasteiger partial charge < -0.3 is 14.8 Å². The summed E-state index contributed by atoms with van der Waals surface area (Å²) in [6, 6.07) is 12.3. The molecule has 0 aromatic heterocycles. The normalized spacial score (nSPS) is 11.6. The Kier molecular flexibility index (Phi) is 7.91. The summed E-state index contributed by atoms with van der Waals surface area (Å²) in [6.07, 6.45) is 0. The molecule has 0 atom stereocenters. The standard InChI is InChI=1S/C19H25ClN2O4S/c1-4-25-11-12-26-19-17(20)9-6-10-18(19)21-14-15-7-5-8-16(13-15)27(23,24)22(2)3/h5-10,13,21H,4,11-12,14H2,1-3H3. The molecule has 148 valence electrons. The van der Waals surface area contributed by atoms with Crippen LogP contribution in [0.1, 0.15) is 12.5 Å². The van der Waals surface area contributed by atoms with Crippen molar-refractivity contribution in [1.82, 2.24) is 4.31 Å². The first kappa shape index (κ1) is 21.5. The van der Waals surface area contributed by atoms with Crippen LogP contribution in [-0.2, 0) is 21.3 Å². The van der Waals surface area contributed by atoms with Crippen molar-refractivity contribution in [1.29, 1.82) is 0 Å². The lowest BCUT2D eigenvalue weighted by atomic mass is 10.2. The molecule has 1 N–H and O–H groups in total. The Labute approximate surface area is 166 Å². The van der Waals surface area contributed by atoms with Gasteiger partial charge in [0, 0.05) is 27.2 Å². The Bertz CT molecular complexity index is 857. The fraction of sp³-hybridized carbons (Fsp3) is 0.368. The fourth-order valence-corrected chi connectivity index (χ4v) is 3.57. The number of benzene rings is 2. The van der Waals surface area contributed by atoms with Crippen LogP contribution in [0, 0.1) is 0 Å². The maximum atomic E-state index is 12.3. The maximum absolute atomic E-state index is 12.3. The molecule has 27 heavy (non-hydrogen) atoms. The molecular weight excluding hydrogens is 388 g/mol. The van der Waals surface area contributed by atoms with Gasteiger partial charge in [0.1, 0.15) is 6.61 Å². The largest absolute Gasteiger partial charge is 0.487 e. The molecule has 0 amide bonds. The van der Waals surface area contributed by atoms with Crippen LogP contribution in [0.4, 0.5) is 5.69 Å². The van der Waals surface area contributed by atoms with E-state index in [0.29, 0.717) is 37.1 Å². The van der Waals surface area contributed by atoms with Crippen molar-refractivity contribution < 1.29 is 17.9 Å². The third kappa shape index (κ3) is 5.84. The molecule has 2 rings (SSSR count). The van der Waals surface area contributed by atoms with Crippen LogP contribution < -0.4 is 10.1 Å². The summed E-state index contributed by atoms with van der Waals surface area (Å²) in [5.41, 5.74) is 1.57. The summed E-state index contributed by atoms with van der Waals surface area (Å²) >= 11 is 6.25. The highest BCUT2D eigenvalue weighted by Gasteiger charge is 2.17. The quantitative estimate of drug-likeness (QED) is 0.603. The van der Waals surface area contributed by atoms with Crippen molar-refractivity contribution in [3.63, 3.8) is 0 Å². The molecule has 0 saturated heterocycles. The average Bonchev–Trinajstić information content (AvgIpc) is 2.65. The van der Waals surface area contributed by atoms with Crippen molar-refractivity contribution in [3.8, 4) is 5.75 Å². The Morgan fingerprint density at radius 3 is 2.56 bits per heavy atom. The van der Waals surface area contributed by atoms with E-state index in [2.05, 4.69) is 5.32 Å². The van der Waals surface area contributed by atoms with Crippen molar-refractivity contribution in [2.45, 2.75) is 18.4 Å². The molecule has 2 aromatic carbocycles. The minimum Gasteiger partial charge on any atom is -0.487 e. The van der Waals surface area contributed by atoms with Gasteiger partial charge in [-0.2, -0.15) is 0 Å². The summed E-state index contributed by atoms with van der Waals surface area (Å²) in [5, 5.41) is 3.76. The number of rotatable bonds is 10. The first-order valence-electron chi connectivity index (χ1n) is 8.60. The number of halogens is 1. The number of hydrogen-bond donors (Lipinski definition) is 1. The highest BCUT2D eigenvalue weighted by molar-refractivity contribution is 7.89. The fourth-order valence-electron chi connectivity index (χ4n) is 2.37. The van der Waals surface area contributed by atoms with Gasteiger partial charge in [0.05, 0.1) is 22.2 Å². The Morgan fingerprint density at radius 2 is 1.85 bits per heavy atom. The molecule has 0 aliphatic heterocycles. The Hall–Kier alpha value is -1.80. The molecule has 0 spiro atoms. The minimum absolute atomic E-state index is 0.256. The lowest BCUT2D eigenvalue weighted by molar-refractivity contribution is 0.110. The van der Waals surface area contributed by atoms with Crippen LogP contribution in [0.5, 0.6) is 5.75 Å². The molecule has 0 bridgehead atoms. The third-order valence-electron chi connectivity index (χ3n) is 3.81. The minimum atomic E-state index is -3.47. The molecule has 0 aliphatic rings. The van der Waals surface area contributed by atoms with E-state index in [1.54, 1.807) is 24.3 Å². The second-order valence-corrected chi connectivity index (χ2v) is 8.51. The molecule has 0 aliphatic carbocycles. The van der Waals surface area contributed by atoms with Crippen molar-refractivity contribution >= 4 is 27.3 Å². The van der Waals surface area contributed by atoms with Gasteiger partial charge in [0.15, 0.2) is 5.75 Å². The van der Waals surface area contributed by atoms with Gasteiger partial charge in [-0.15, -0.1) is 0 Å². The monoisotopic (exact) mass is 412 g/mol. The zero-order valence-electron chi connectivity index (χ0n) is 15.7. The molecule has 8 heteroatoms. The van der Waals surface area contributed by atoms with Gasteiger partial charge in [-0.3, -0.25) is 0 Å². The summed E-state index contributed by atoms with van der Waals surface area (Å²) in [7, 11) is -0.445. The van der Waals surface area contributed by atoms with Crippen LogP contribution in [0.2, 0.25) is 5.02 Å². The van der Waals surface area contributed by atoms with E-state index in [4.69, 9.17) is 21.1 Å². The Morgan fingerprint density at radius 1 is 1.11 bits per heavy atom. The third-order valence-corrected chi connectivity index (χ3v) is 5.91. The van der Waals surface area contributed by atoms with Crippen LogP contribution in [0.15, 0.2) is 47.4 Å². The van der Waals surface area contributed by atoms with Gasteiger partial charge in [0.2, 0.25) is 10.0 Å². The van der Waals surface area contributed by atoms with Crippen molar-refractivity contribution in [2.75, 3.05) is 39.2 Å². The molecule has 0 fully saturated rings. The lowest BCUT2D eigenvalue weighted by Gasteiger charge is -2.16. The summed E-state index contributed by atoms with van der Waals surface area (Å²) in [4.78, 5) is 0.256. The van der Waals surface area contributed by atoms with E-state index in [1.165, 1.54) is 18.4 Å². The predicted molar refractivity (Wildman–Crippen MR) is 108 cm³/mol. The predicted octanol–water partition coefficient (Wildman–Crippen LogP) is 3.62. The number of hydrogen-bond acceptors (Lipinski definition) is 5. The van der Waals surface area contributed by atoms with E-state index >= 15 is 0 Å². The molecule has 6 nitrogen and oxygen atoms in total. The summed E-state index contributed by atoms with van der Waals surface area (Å²) in [6.45, 7) is 3.85. The maximum Gasteiger partial charge on any atom is 0.242 e. The topological polar surface area (TPSA) is 67.9 Å². The highest BCUT2D eigenvalue weighted by Crippen LogP contribution is 2.33. The number of para-hydroxylation sites is 1. The molecule has 0 radical (unpaired) electrons. The van der Waals surface area contributed by atoms with E-state index in [0.717, 1.165) is 11.3 Å². The second-order valence-electron chi connectivity index (χ2n) is 5.95. The van der Waals surface area contributed by atoms with Crippen molar-refractivity contribution in [2.24, 2.45) is 0 Å². The number of nitrogens with zero attached hydrogens (tertiary/aromatic N) is 1. The number of sulfonamides is 1. The molecule has 0 saturated carbocycles. The lowest BCUT2D eigenvalue weighted by Crippen LogP contribution is -2.22. The highest BCUT2D eigenvalue weighted by atomic mass is 35.5.